The van der Waals surface area contributed by atoms with Gasteiger partial charge in [-0.1, -0.05) is 20.3 Å². The second-order valence-corrected chi connectivity index (χ2v) is 5.09. The van der Waals surface area contributed by atoms with Crippen LogP contribution in [0.3, 0.4) is 0 Å². The third-order valence-electron chi connectivity index (χ3n) is 3.87. The van der Waals surface area contributed by atoms with Crippen molar-refractivity contribution in [1.29, 1.82) is 0 Å². The molecule has 0 saturated carbocycles. The predicted octanol–water partition coefficient (Wildman–Crippen LogP) is 1.73. The number of nitrogens with zero attached hydrogens (tertiary/aromatic N) is 1. The van der Waals surface area contributed by atoms with Gasteiger partial charge < -0.3 is 10.1 Å². The van der Waals surface area contributed by atoms with Crippen molar-refractivity contribution in [2.75, 3.05) is 32.8 Å². The molecular weight excluding hydrogens is 200 g/mol. The first-order chi connectivity index (χ1) is 7.65. The molecule has 1 saturated heterocycles. The summed E-state index contributed by atoms with van der Waals surface area (Å²) < 4.78 is 5.43. The van der Waals surface area contributed by atoms with Crippen molar-refractivity contribution in [3.8, 4) is 0 Å². The maximum absolute atomic E-state index is 5.43. The molecule has 3 nitrogen and oxygen atoms in total. The summed E-state index contributed by atoms with van der Waals surface area (Å²) in [7, 11) is 0. The standard InChI is InChI=1S/C13H28N2O/c1-5-11(2)13(4)14-6-7-15-8-9-16-10-12(15)3/h11-14H,5-10H2,1-4H3. The lowest BCUT2D eigenvalue weighted by molar-refractivity contribution is 0.0000514. The summed E-state index contributed by atoms with van der Waals surface area (Å²) in [4.78, 5) is 2.51. The summed E-state index contributed by atoms with van der Waals surface area (Å²) in [6, 6.07) is 1.20. The molecule has 3 heteroatoms. The van der Waals surface area contributed by atoms with Crippen LogP contribution in [0.2, 0.25) is 0 Å². The van der Waals surface area contributed by atoms with E-state index in [0.717, 1.165) is 38.8 Å². The first-order valence-electron chi connectivity index (χ1n) is 6.70. The Labute approximate surface area is 101 Å². The molecular formula is C13H28N2O. The van der Waals surface area contributed by atoms with E-state index < -0.39 is 0 Å². The Balaban J connectivity index is 2.14. The minimum atomic E-state index is 0.578. The zero-order valence-electron chi connectivity index (χ0n) is 11.3. The van der Waals surface area contributed by atoms with Crippen LogP contribution in [0.4, 0.5) is 0 Å². The van der Waals surface area contributed by atoms with Gasteiger partial charge in [0.25, 0.3) is 0 Å². The molecule has 0 spiro atoms. The van der Waals surface area contributed by atoms with Crippen LogP contribution in [0.15, 0.2) is 0 Å². The number of ether oxygens (including phenoxy) is 1. The van der Waals surface area contributed by atoms with Crippen molar-refractivity contribution < 1.29 is 4.74 Å². The number of morpholine rings is 1. The van der Waals surface area contributed by atoms with E-state index in [9.17, 15) is 0 Å². The van der Waals surface area contributed by atoms with Gasteiger partial charge in [0.15, 0.2) is 0 Å². The van der Waals surface area contributed by atoms with Crippen molar-refractivity contribution in [3.05, 3.63) is 0 Å². The van der Waals surface area contributed by atoms with Crippen molar-refractivity contribution >= 4 is 0 Å². The molecule has 96 valence electrons. The molecule has 0 aromatic rings. The Bertz CT molecular complexity index is 187. The van der Waals surface area contributed by atoms with Gasteiger partial charge in [-0.25, -0.2) is 0 Å². The molecule has 3 atom stereocenters. The highest BCUT2D eigenvalue weighted by Crippen LogP contribution is 2.07. The van der Waals surface area contributed by atoms with Crippen molar-refractivity contribution in [3.63, 3.8) is 0 Å². The van der Waals surface area contributed by atoms with Crippen LogP contribution in [0.25, 0.3) is 0 Å². The molecule has 16 heavy (non-hydrogen) atoms. The Morgan fingerprint density at radius 1 is 1.44 bits per heavy atom. The molecule has 0 amide bonds. The maximum atomic E-state index is 5.43. The summed E-state index contributed by atoms with van der Waals surface area (Å²) >= 11 is 0. The van der Waals surface area contributed by atoms with Crippen LogP contribution < -0.4 is 5.32 Å². The predicted molar refractivity (Wildman–Crippen MR) is 68.8 cm³/mol. The third kappa shape index (κ3) is 4.40. The Hall–Kier alpha value is -0.120. The summed E-state index contributed by atoms with van der Waals surface area (Å²) in [6.07, 6.45) is 1.25. The number of hydrogen-bond acceptors (Lipinski definition) is 3. The summed E-state index contributed by atoms with van der Waals surface area (Å²) in [5, 5.41) is 3.62. The number of hydrogen-bond donors (Lipinski definition) is 1. The van der Waals surface area contributed by atoms with Crippen molar-refractivity contribution in [1.82, 2.24) is 10.2 Å². The Morgan fingerprint density at radius 2 is 2.19 bits per heavy atom. The largest absolute Gasteiger partial charge is 0.379 e. The third-order valence-corrected chi connectivity index (χ3v) is 3.87. The van der Waals surface area contributed by atoms with E-state index in [1.807, 2.05) is 0 Å². The van der Waals surface area contributed by atoms with Crippen molar-refractivity contribution in [2.24, 2.45) is 5.92 Å². The van der Waals surface area contributed by atoms with Gasteiger partial charge in [0.1, 0.15) is 0 Å². The number of nitrogens with one attached hydrogen (secondary N) is 1. The van der Waals surface area contributed by atoms with Crippen LogP contribution in [0, 0.1) is 5.92 Å². The van der Waals surface area contributed by atoms with Crippen LogP contribution >= 0.6 is 0 Å². The molecule has 1 rings (SSSR count). The van der Waals surface area contributed by atoms with Gasteiger partial charge in [0.2, 0.25) is 0 Å². The quantitative estimate of drug-likeness (QED) is 0.749. The SMILES string of the molecule is CCC(C)C(C)NCCN1CCOCC1C. The average Bonchev–Trinajstić information content (AvgIpc) is 2.30. The average molecular weight is 228 g/mol. The molecule has 0 aromatic heterocycles. The van der Waals surface area contributed by atoms with E-state index in [4.69, 9.17) is 4.74 Å². The minimum absolute atomic E-state index is 0.578. The molecule has 0 aromatic carbocycles. The molecule has 1 aliphatic rings. The molecule has 0 bridgehead atoms. The smallest absolute Gasteiger partial charge is 0.0619 e. The Kier molecular flexibility index (Phi) is 6.32. The van der Waals surface area contributed by atoms with E-state index in [1.165, 1.54) is 6.42 Å². The van der Waals surface area contributed by atoms with Gasteiger partial charge >= 0.3 is 0 Å². The van der Waals surface area contributed by atoms with E-state index in [-0.39, 0.29) is 0 Å². The molecule has 0 aliphatic carbocycles. The van der Waals surface area contributed by atoms with E-state index in [1.54, 1.807) is 0 Å². The normalized spacial score (nSPS) is 26.6. The fourth-order valence-electron chi connectivity index (χ4n) is 2.08. The number of rotatable bonds is 6. The molecule has 3 unspecified atom stereocenters. The fourth-order valence-corrected chi connectivity index (χ4v) is 2.08. The molecule has 1 fully saturated rings. The highest BCUT2D eigenvalue weighted by molar-refractivity contribution is 4.73. The van der Waals surface area contributed by atoms with Crippen LogP contribution in [-0.4, -0.2) is 49.8 Å². The molecule has 1 aliphatic heterocycles. The molecule has 0 radical (unpaired) electrons. The second kappa shape index (κ2) is 7.25. The van der Waals surface area contributed by atoms with Gasteiger partial charge in [0, 0.05) is 31.7 Å². The van der Waals surface area contributed by atoms with Gasteiger partial charge in [-0.2, -0.15) is 0 Å². The van der Waals surface area contributed by atoms with Gasteiger partial charge in [0.05, 0.1) is 13.2 Å². The lowest BCUT2D eigenvalue weighted by Crippen LogP contribution is -2.47. The summed E-state index contributed by atoms with van der Waals surface area (Å²) in [5.74, 6) is 0.766. The maximum Gasteiger partial charge on any atom is 0.0619 e. The first-order valence-corrected chi connectivity index (χ1v) is 6.70. The highest BCUT2D eigenvalue weighted by atomic mass is 16.5. The minimum Gasteiger partial charge on any atom is -0.379 e. The Morgan fingerprint density at radius 3 is 2.81 bits per heavy atom. The van der Waals surface area contributed by atoms with Crippen LogP contribution in [0.1, 0.15) is 34.1 Å². The van der Waals surface area contributed by atoms with Crippen LogP contribution in [0.5, 0.6) is 0 Å². The molecule has 1 N–H and O–H groups in total. The summed E-state index contributed by atoms with van der Waals surface area (Å²) in [5.41, 5.74) is 0. The van der Waals surface area contributed by atoms with E-state index in [2.05, 4.69) is 37.9 Å². The lowest BCUT2D eigenvalue weighted by atomic mass is 10.0. The van der Waals surface area contributed by atoms with Crippen LogP contribution in [-0.2, 0) is 4.74 Å². The van der Waals surface area contributed by atoms with Crippen molar-refractivity contribution in [2.45, 2.75) is 46.2 Å². The zero-order chi connectivity index (χ0) is 12.0. The fraction of sp³-hybridized carbons (Fsp3) is 1.00. The topological polar surface area (TPSA) is 24.5 Å². The van der Waals surface area contributed by atoms with Gasteiger partial charge in [-0.3, -0.25) is 4.90 Å². The van der Waals surface area contributed by atoms with Gasteiger partial charge in [-0.15, -0.1) is 0 Å². The highest BCUT2D eigenvalue weighted by Gasteiger charge is 2.18. The van der Waals surface area contributed by atoms with E-state index in [0.29, 0.717) is 12.1 Å². The van der Waals surface area contributed by atoms with E-state index >= 15 is 0 Å². The molecule has 1 heterocycles. The zero-order valence-corrected chi connectivity index (χ0v) is 11.3. The lowest BCUT2D eigenvalue weighted by Gasteiger charge is -2.33. The first kappa shape index (κ1) is 13.9. The second-order valence-electron chi connectivity index (χ2n) is 5.09. The van der Waals surface area contributed by atoms with Gasteiger partial charge in [-0.05, 0) is 19.8 Å². The monoisotopic (exact) mass is 228 g/mol. The summed E-state index contributed by atoms with van der Waals surface area (Å²) in [6.45, 7) is 14.2.